The monoisotopic (exact) mass is 249 g/mol. The third-order valence-electron chi connectivity index (χ3n) is 3.18. The van der Waals surface area contributed by atoms with Crippen molar-refractivity contribution in [1.29, 1.82) is 0 Å². The fourth-order valence-corrected chi connectivity index (χ4v) is 2.15. The molecule has 1 aromatic rings. The highest BCUT2D eigenvalue weighted by Gasteiger charge is 2.26. The van der Waals surface area contributed by atoms with Crippen molar-refractivity contribution < 1.29 is 14.3 Å². The Hall–Kier alpha value is -1.55. The van der Waals surface area contributed by atoms with Gasteiger partial charge in [-0.3, -0.25) is 4.79 Å². The Kier molecular flexibility index (Phi) is 4.20. The number of hydrogen-bond donors (Lipinski definition) is 0. The average Bonchev–Trinajstić information content (AvgIpc) is 2.88. The third-order valence-corrected chi connectivity index (χ3v) is 3.18. The molecule has 0 saturated carbocycles. The molecule has 0 aromatic heterocycles. The molecule has 1 atom stereocenters. The van der Waals surface area contributed by atoms with Crippen molar-refractivity contribution in [3.63, 3.8) is 0 Å². The number of benzene rings is 1. The lowest BCUT2D eigenvalue weighted by Gasteiger charge is -2.16. The van der Waals surface area contributed by atoms with Crippen molar-refractivity contribution in [2.75, 3.05) is 26.8 Å². The molecular weight excluding hydrogens is 230 g/mol. The van der Waals surface area contributed by atoms with Gasteiger partial charge in [0, 0.05) is 25.8 Å². The topological polar surface area (TPSA) is 38.8 Å². The molecule has 0 radical (unpaired) electrons. The molecule has 1 aliphatic rings. The first kappa shape index (κ1) is 12.9. The van der Waals surface area contributed by atoms with E-state index in [0.717, 1.165) is 18.7 Å². The summed E-state index contributed by atoms with van der Waals surface area (Å²) in [7, 11) is 1.69. The second-order valence-corrected chi connectivity index (χ2v) is 4.35. The van der Waals surface area contributed by atoms with Gasteiger partial charge in [-0.15, -0.1) is 0 Å². The van der Waals surface area contributed by atoms with E-state index in [1.807, 2.05) is 36.1 Å². The highest BCUT2D eigenvalue weighted by Crippen LogP contribution is 2.17. The first-order valence-corrected chi connectivity index (χ1v) is 6.29. The Morgan fingerprint density at radius 2 is 2.11 bits per heavy atom. The summed E-state index contributed by atoms with van der Waals surface area (Å²) in [5.41, 5.74) is 0.704. The summed E-state index contributed by atoms with van der Waals surface area (Å²) in [4.78, 5) is 14.0. The van der Waals surface area contributed by atoms with Crippen LogP contribution in [-0.4, -0.2) is 43.7 Å². The third kappa shape index (κ3) is 2.82. The molecule has 0 bridgehead atoms. The van der Waals surface area contributed by atoms with Gasteiger partial charge < -0.3 is 14.4 Å². The molecule has 0 aliphatic carbocycles. The van der Waals surface area contributed by atoms with Gasteiger partial charge in [0.25, 0.3) is 5.91 Å². The van der Waals surface area contributed by atoms with Crippen LogP contribution in [0, 0.1) is 0 Å². The number of methoxy groups -OCH3 is 1. The van der Waals surface area contributed by atoms with Crippen LogP contribution in [0.2, 0.25) is 0 Å². The van der Waals surface area contributed by atoms with E-state index in [0.29, 0.717) is 18.7 Å². The van der Waals surface area contributed by atoms with Crippen LogP contribution >= 0.6 is 0 Å². The summed E-state index contributed by atoms with van der Waals surface area (Å²) in [5, 5.41) is 0. The van der Waals surface area contributed by atoms with E-state index in [4.69, 9.17) is 9.47 Å². The number of amides is 1. The molecule has 1 amide bonds. The molecule has 1 unspecified atom stereocenters. The summed E-state index contributed by atoms with van der Waals surface area (Å²) in [6.45, 7) is 4.02. The van der Waals surface area contributed by atoms with Crippen molar-refractivity contribution in [3.8, 4) is 5.75 Å². The molecule has 1 aromatic carbocycles. The maximum Gasteiger partial charge on any atom is 0.253 e. The zero-order valence-electron chi connectivity index (χ0n) is 10.9. The van der Waals surface area contributed by atoms with Gasteiger partial charge in [-0.25, -0.2) is 0 Å². The van der Waals surface area contributed by atoms with Gasteiger partial charge in [0.2, 0.25) is 0 Å². The van der Waals surface area contributed by atoms with Crippen LogP contribution in [0.1, 0.15) is 23.7 Å². The van der Waals surface area contributed by atoms with E-state index in [1.54, 1.807) is 7.11 Å². The molecule has 4 heteroatoms. The van der Waals surface area contributed by atoms with Crippen molar-refractivity contribution in [2.24, 2.45) is 0 Å². The molecule has 1 fully saturated rings. The summed E-state index contributed by atoms with van der Waals surface area (Å²) >= 11 is 0. The van der Waals surface area contributed by atoms with Crippen LogP contribution in [0.5, 0.6) is 5.75 Å². The lowest BCUT2D eigenvalue weighted by molar-refractivity contribution is 0.0724. The van der Waals surface area contributed by atoms with Gasteiger partial charge in [-0.05, 0) is 37.6 Å². The second kappa shape index (κ2) is 5.87. The lowest BCUT2D eigenvalue weighted by atomic mass is 10.2. The maximum absolute atomic E-state index is 12.2. The fourth-order valence-electron chi connectivity index (χ4n) is 2.15. The van der Waals surface area contributed by atoms with Crippen molar-refractivity contribution >= 4 is 5.91 Å². The van der Waals surface area contributed by atoms with Crippen LogP contribution < -0.4 is 4.74 Å². The number of likely N-dealkylation sites (tertiary alicyclic amines) is 1. The smallest absolute Gasteiger partial charge is 0.253 e. The van der Waals surface area contributed by atoms with Gasteiger partial charge in [0.15, 0.2) is 0 Å². The SMILES string of the molecule is CCOc1ccc(C(=O)N2CCC(OC)C2)cc1. The van der Waals surface area contributed by atoms with Gasteiger partial charge >= 0.3 is 0 Å². The molecule has 0 N–H and O–H groups in total. The van der Waals surface area contributed by atoms with Crippen molar-refractivity contribution in [3.05, 3.63) is 29.8 Å². The van der Waals surface area contributed by atoms with Gasteiger partial charge in [-0.1, -0.05) is 0 Å². The van der Waals surface area contributed by atoms with E-state index < -0.39 is 0 Å². The number of rotatable bonds is 4. The molecule has 98 valence electrons. The molecule has 2 rings (SSSR count). The van der Waals surface area contributed by atoms with E-state index in [1.165, 1.54) is 0 Å². The van der Waals surface area contributed by atoms with E-state index in [-0.39, 0.29) is 12.0 Å². The number of carbonyl (C=O) groups is 1. The number of nitrogens with zero attached hydrogens (tertiary/aromatic N) is 1. The van der Waals surface area contributed by atoms with Crippen LogP contribution in [0.15, 0.2) is 24.3 Å². The largest absolute Gasteiger partial charge is 0.494 e. The Labute approximate surface area is 107 Å². The zero-order chi connectivity index (χ0) is 13.0. The molecular formula is C14H19NO3. The summed E-state index contributed by atoms with van der Waals surface area (Å²) in [6.07, 6.45) is 1.09. The molecule has 1 heterocycles. The molecule has 4 nitrogen and oxygen atoms in total. The minimum Gasteiger partial charge on any atom is -0.494 e. The van der Waals surface area contributed by atoms with Crippen LogP contribution in [-0.2, 0) is 4.74 Å². The van der Waals surface area contributed by atoms with Gasteiger partial charge in [-0.2, -0.15) is 0 Å². The summed E-state index contributed by atoms with van der Waals surface area (Å²) in [5.74, 6) is 0.864. The van der Waals surface area contributed by atoms with Crippen molar-refractivity contribution in [2.45, 2.75) is 19.4 Å². The second-order valence-electron chi connectivity index (χ2n) is 4.35. The quantitative estimate of drug-likeness (QED) is 0.818. The number of carbonyl (C=O) groups excluding carboxylic acids is 1. The minimum atomic E-state index is 0.0672. The molecule has 0 spiro atoms. The Bertz CT molecular complexity index is 402. The number of ether oxygens (including phenoxy) is 2. The van der Waals surface area contributed by atoms with Crippen LogP contribution in [0.25, 0.3) is 0 Å². The minimum absolute atomic E-state index is 0.0672. The molecule has 1 aliphatic heterocycles. The Balaban J connectivity index is 2.00. The van der Waals surface area contributed by atoms with E-state index in [2.05, 4.69) is 0 Å². The normalized spacial score (nSPS) is 19.0. The fraction of sp³-hybridized carbons (Fsp3) is 0.500. The standard InChI is InChI=1S/C14H19NO3/c1-3-18-12-6-4-11(5-7-12)14(16)15-9-8-13(10-15)17-2/h4-7,13H,3,8-10H2,1-2H3. The predicted molar refractivity (Wildman–Crippen MR) is 68.9 cm³/mol. The molecule has 1 saturated heterocycles. The first-order valence-electron chi connectivity index (χ1n) is 6.29. The maximum atomic E-state index is 12.2. The van der Waals surface area contributed by atoms with Crippen LogP contribution in [0.4, 0.5) is 0 Å². The zero-order valence-corrected chi connectivity index (χ0v) is 10.9. The van der Waals surface area contributed by atoms with E-state index >= 15 is 0 Å². The van der Waals surface area contributed by atoms with E-state index in [9.17, 15) is 4.79 Å². The highest BCUT2D eigenvalue weighted by atomic mass is 16.5. The number of hydrogen-bond acceptors (Lipinski definition) is 3. The van der Waals surface area contributed by atoms with Gasteiger partial charge in [0.1, 0.15) is 5.75 Å². The first-order chi connectivity index (χ1) is 8.74. The van der Waals surface area contributed by atoms with Gasteiger partial charge in [0.05, 0.1) is 12.7 Å². The predicted octanol–water partition coefficient (Wildman–Crippen LogP) is 1.95. The summed E-state index contributed by atoms with van der Waals surface area (Å²) in [6, 6.07) is 7.29. The molecule has 18 heavy (non-hydrogen) atoms. The van der Waals surface area contributed by atoms with Crippen molar-refractivity contribution in [1.82, 2.24) is 4.90 Å². The Morgan fingerprint density at radius 1 is 1.39 bits per heavy atom. The Morgan fingerprint density at radius 3 is 2.67 bits per heavy atom. The summed E-state index contributed by atoms with van der Waals surface area (Å²) < 4.78 is 10.6. The average molecular weight is 249 g/mol. The highest BCUT2D eigenvalue weighted by molar-refractivity contribution is 5.94. The van der Waals surface area contributed by atoms with Crippen LogP contribution in [0.3, 0.4) is 0 Å². The lowest BCUT2D eigenvalue weighted by Crippen LogP contribution is -2.29.